The average Bonchev–Trinajstić information content (AvgIpc) is 2.39. The zero-order chi connectivity index (χ0) is 14.5. The molecule has 0 atom stereocenters. The third-order valence-corrected chi connectivity index (χ3v) is 3.74. The first kappa shape index (κ1) is 15.6. The van der Waals surface area contributed by atoms with Crippen molar-refractivity contribution >= 4 is 34.8 Å². The summed E-state index contributed by atoms with van der Waals surface area (Å²) in [6, 6.07) is 10.1. The van der Waals surface area contributed by atoms with E-state index in [1.165, 1.54) is 6.07 Å². The molecule has 20 heavy (non-hydrogen) atoms. The SMILES string of the molecule is Fc1cc(Cl)ccc1CNCCc1ccc(Cl)cc1Cl. The minimum atomic E-state index is -0.297. The van der Waals surface area contributed by atoms with Crippen molar-refractivity contribution in [2.45, 2.75) is 13.0 Å². The molecular weight excluding hydrogens is 320 g/mol. The van der Waals surface area contributed by atoms with Crippen LogP contribution in [-0.4, -0.2) is 6.54 Å². The van der Waals surface area contributed by atoms with Crippen LogP contribution in [0.15, 0.2) is 36.4 Å². The fraction of sp³-hybridized carbons (Fsp3) is 0.200. The lowest BCUT2D eigenvalue weighted by Gasteiger charge is -2.08. The van der Waals surface area contributed by atoms with E-state index in [2.05, 4.69) is 5.32 Å². The summed E-state index contributed by atoms with van der Waals surface area (Å²) in [7, 11) is 0. The summed E-state index contributed by atoms with van der Waals surface area (Å²) in [6.07, 6.45) is 0.755. The Labute approximate surface area is 132 Å². The molecule has 0 aliphatic heterocycles. The molecule has 0 saturated carbocycles. The van der Waals surface area contributed by atoms with Gasteiger partial charge in [-0.2, -0.15) is 0 Å². The zero-order valence-electron chi connectivity index (χ0n) is 10.6. The van der Waals surface area contributed by atoms with E-state index in [0.717, 1.165) is 12.0 Å². The number of halogens is 4. The third kappa shape index (κ3) is 4.35. The van der Waals surface area contributed by atoms with Crippen LogP contribution >= 0.6 is 34.8 Å². The van der Waals surface area contributed by atoms with Crippen molar-refractivity contribution in [2.24, 2.45) is 0 Å². The van der Waals surface area contributed by atoms with E-state index in [0.29, 0.717) is 33.7 Å². The fourth-order valence-electron chi connectivity index (χ4n) is 1.84. The molecule has 0 spiro atoms. The second kappa shape index (κ2) is 7.28. The predicted molar refractivity (Wildman–Crippen MR) is 83.3 cm³/mol. The van der Waals surface area contributed by atoms with E-state index in [4.69, 9.17) is 34.8 Å². The van der Waals surface area contributed by atoms with Crippen LogP contribution in [0.4, 0.5) is 4.39 Å². The highest BCUT2D eigenvalue weighted by Crippen LogP contribution is 2.21. The van der Waals surface area contributed by atoms with Crippen molar-refractivity contribution in [3.63, 3.8) is 0 Å². The highest BCUT2D eigenvalue weighted by Gasteiger charge is 2.04. The first-order valence-corrected chi connectivity index (χ1v) is 7.28. The van der Waals surface area contributed by atoms with Gasteiger partial charge in [0.25, 0.3) is 0 Å². The van der Waals surface area contributed by atoms with Crippen LogP contribution in [0.5, 0.6) is 0 Å². The Morgan fingerprint density at radius 1 is 0.900 bits per heavy atom. The van der Waals surface area contributed by atoms with Crippen molar-refractivity contribution in [1.82, 2.24) is 5.32 Å². The minimum absolute atomic E-state index is 0.297. The Balaban J connectivity index is 1.84. The normalized spacial score (nSPS) is 10.8. The topological polar surface area (TPSA) is 12.0 Å². The maximum absolute atomic E-state index is 13.5. The number of benzene rings is 2. The van der Waals surface area contributed by atoms with Crippen molar-refractivity contribution in [3.8, 4) is 0 Å². The molecular formula is C15H13Cl3FN. The van der Waals surface area contributed by atoms with Crippen molar-refractivity contribution in [1.29, 1.82) is 0 Å². The fourth-order valence-corrected chi connectivity index (χ4v) is 2.50. The quantitative estimate of drug-likeness (QED) is 0.750. The Bertz CT molecular complexity index is 548. The summed E-state index contributed by atoms with van der Waals surface area (Å²) in [5.41, 5.74) is 1.61. The summed E-state index contributed by atoms with van der Waals surface area (Å²) in [5.74, 6) is -0.297. The van der Waals surface area contributed by atoms with E-state index < -0.39 is 0 Å². The Morgan fingerprint density at radius 2 is 1.55 bits per heavy atom. The lowest BCUT2D eigenvalue weighted by Crippen LogP contribution is -2.17. The van der Waals surface area contributed by atoms with Gasteiger partial charge < -0.3 is 5.32 Å². The highest BCUT2D eigenvalue weighted by atomic mass is 35.5. The standard InChI is InChI=1S/C15H13Cl3FN/c16-12-3-1-10(14(18)7-12)5-6-20-9-11-2-4-13(17)8-15(11)19/h1-4,7-8,20H,5-6,9H2. The molecule has 0 bridgehead atoms. The molecule has 1 N–H and O–H groups in total. The largest absolute Gasteiger partial charge is 0.312 e. The van der Waals surface area contributed by atoms with E-state index in [1.807, 2.05) is 12.1 Å². The number of hydrogen-bond donors (Lipinski definition) is 1. The molecule has 0 fully saturated rings. The summed E-state index contributed by atoms with van der Waals surface area (Å²) >= 11 is 17.6. The summed E-state index contributed by atoms with van der Waals surface area (Å²) in [6.45, 7) is 1.15. The second-order valence-corrected chi connectivity index (χ2v) is 5.68. The number of hydrogen-bond acceptors (Lipinski definition) is 1. The van der Waals surface area contributed by atoms with Crippen LogP contribution in [0.1, 0.15) is 11.1 Å². The van der Waals surface area contributed by atoms with Gasteiger partial charge >= 0.3 is 0 Å². The first-order chi connectivity index (χ1) is 9.56. The van der Waals surface area contributed by atoms with Gasteiger partial charge in [0.15, 0.2) is 0 Å². The molecule has 1 nitrogen and oxygen atoms in total. The average molecular weight is 333 g/mol. The predicted octanol–water partition coefficient (Wildman–Crippen LogP) is 5.12. The smallest absolute Gasteiger partial charge is 0.129 e. The van der Waals surface area contributed by atoms with E-state index in [-0.39, 0.29) is 5.82 Å². The summed E-state index contributed by atoms with van der Waals surface area (Å²) < 4.78 is 13.5. The van der Waals surface area contributed by atoms with E-state index in [9.17, 15) is 4.39 Å². The molecule has 0 aliphatic carbocycles. The second-order valence-electron chi connectivity index (χ2n) is 4.40. The molecule has 5 heteroatoms. The van der Waals surface area contributed by atoms with Gasteiger partial charge in [0, 0.05) is 27.2 Å². The lowest BCUT2D eigenvalue weighted by molar-refractivity contribution is 0.588. The van der Waals surface area contributed by atoms with Gasteiger partial charge in [0.05, 0.1) is 0 Å². The van der Waals surface area contributed by atoms with Gasteiger partial charge in [-0.05, 0) is 42.8 Å². The lowest BCUT2D eigenvalue weighted by atomic mass is 10.1. The third-order valence-electron chi connectivity index (χ3n) is 2.92. The molecule has 0 radical (unpaired) electrons. The van der Waals surface area contributed by atoms with Gasteiger partial charge in [0.2, 0.25) is 0 Å². The Kier molecular flexibility index (Phi) is 5.67. The van der Waals surface area contributed by atoms with Crippen LogP contribution in [0.3, 0.4) is 0 Å². The molecule has 0 saturated heterocycles. The first-order valence-electron chi connectivity index (χ1n) is 6.15. The molecule has 0 unspecified atom stereocenters. The highest BCUT2D eigenvalue weighted by molar-refractivity contribution is 6.35. The molecule has 0 aliphatic rings. The van der Waals surface area contributed by atoms with Gasteiger partial charge in [-0.15, -0.1) is 0 Å². The molecule has 2 rings (SSSR count). The van der Waals surface area contributed by atoms with Crippen molar-refractivity contribution in [3.05, 3.63) is 68.4 Å². The maximum atomic E-state index is 13.5. The van der Waals surface area contributed by atoms with Gasteiger partial charge in [0.1, 0.15) is 5.82 Å². The molecule has 106 valence electrons. The minimum Gasteiger partial charge on any atom is -0.312 e. The van der Waals surface area contributed by atoms with Gasteiger partial charge in [-0.1, -0.05) is 46.9 Å². The summed E-state index contributed by atoms with van der Waals surface area (Å²) in [5, 5.41) is 4.85. The summed E-state index contributed by atoms with van der Waals surface area (Å²) in [4.78, 5) is 0. The monoisotopic (exact) mass is 331 g/mol. The Hall–Kier alpha value is -0.800. The number of rotatable bonds is 5. The van der Waals surface area contributed by atoms with Crippen molar-refractivity contribution < 1.29 is 4.39 Å². The zero-order valence-corrected chi connectivity index (χ0v) is 12.9. The molecule has 2 aromatic carbocycles. The van der Waals surface area contributed by atoms with Crippen LogP contribution in [0.25, 0.3) is 0 Å². The van der Waals surface area contributed by atoms with Crippen molar-refractivity contribution in [2.75, 3.05) is 6.54 Å². The van der Waals surface area contributed by atoms with Gasteiger partial charge in [-0.25, -0.2) is 4.39 Å². The van der Waals surface area contributed by atoms with E-state index in [1.54, 1.807) is 18.2 Å². The molecule has 0 amide bonds. The molecule has 2 aromatic rings. The Morgan fingerprint density at radius 3 is 2.20 bits per heavy atom. The van der Waals surface area contributed by atoms with Crippen LogP contribution in [0.2, 0.25) is 15.1 Å². The van der Waals surface area contributed by atoms with Crippen LogP contribution in [-0.2, 0) is 13.0 Å². The molecule has 0 aromatic heterocycles. The van der Waals surface area contributed by atoms with Crippen LogP contribution in [0, 0.1) is 5.82 Å². The maximum Gasteiger partial charge on any atom is 0.129 e. The van der Waals surface area contributed by atoms with E-state index >= 15 is 0 Å². The van der Waals surface area contributed by atoms with Crippen LogP contribution < -0.4 is 5.32 Å². The van der Waals surface area contributed by atoms with Gasteiger partial charge in [-0.3, -0.25) is 0 Å². The number of nitrogens with one attached hydrogen (secondary N) is 1. The molecule has 0 heterocycles.